The van der Waals surface area contributed by atoms with Gasteiger partial charge in [0.05, 0.1) is 11.5 Å². The Bertz CT molecular complexity index is 602. The molecule has 4 fully saturated rings. The minimum Gasteiger partial charge on any atom is -0.381 e. The first-order chi connectivity index (χ1) is 12.6. The van der Waals surface area contributed by atoms with Gasteiger partial charge in [-0.15, -0.1) is 0 Å². The van der Waals surface area contributed by atoms with Crippen LogP contribution in [0.2, 0.25) is 0 Å². The second-order valence-corrected chi connectivity index (χ2v) is 10.9. The summed E-state index contributed by atoms with van der Waals surface area (Å²) >= 11 is 0. The van der Waals surface area contributed by atoms with E-state index in [1.165, 1.54) is 25.7 Å². The predicted molar refractivity (Wildman–Crippen MR) is 103 cm³/mol. The van der Waals surface area contributed by atoms with E-state index >= 15 is 0 Å². The molecule has 26 heavy (non-hydrogen) atoms. The fourth-order valence-corrected chi connectivity index (χ4v) is 6.92. The molecule has 1 saturated carbocycles. The van der Waals surface area contributed by atoms with Crippen LogP contribution < -0.4 is 5.32 Å². The molecule has 0 aromatic rings. The number of guanidine groups is 1. The molecule has 0 radical (unpaired) electrons. The molecule has 3 saturated heterocycles. The standard InChI is InChI=1S/C19H33N3O3S/c23-26(24)10-7-15(14-26)11-20-19(21-18-5-8-25-9-6-18)22-12-16-3-1-2-4-17(16)13-22/h15-18H,1-14H2,(H,20,21). The normalized spacial score (nSPS) is 35.5. The van der Waals surface area contributed by atoms with E-state index in [0.29, 0.717) is 24.1 Å². The highest BCUT2D eigenvalue weighted by molar-refractivity contribution is 7.91. The molecule has 4 aliphatic rings. The lowest BCUT2D eigenvalue weighted by Crippen LogP contribution is -2.47. The number of hydrogen-bond donors (Lipinski definition) is 1. The van der Waals surface area contributed by atoms with Gasteiger partial charge in [-0.3, -0.25) is 4.99 Å². The first kappa shape index (κ1) is 18.5. The van der Waals surface area contributed by atoms with Gasteiger partial charge in [-0.1, -0.05) is 12.8 Å². The largest absolute Gasteiger partial charge is 0.381 e. The number of ether oxygens (including phenoxy) is 1. The number of rotatable bonds is 3. The Hall–Kier alpha value is -0.820. The molecule has 3 atom stereocenters. The molecular weight excluding hydrogens is 350 g/mol. The van der Waals surface area contributed by atoms with E-state index < -0.39 is 9.84 Å². The molecule has 0 amide bonds. The first-order valence-electron chi connectivity index (χ1n) is 10.4. The molecule has 1 aliphatic carbocycles. The van der Waals surface area contributed by atoms with Gasteiger partial charge in [0.1, 0.15) is 0 Å². The Morgan fingerprint density at radius 2 is 1.73 bits per heavy atom. The van der Waals surface area contributed by atoms with Crippen molar-refractivity contribution in [1.82, 2.24) is 10.2 Å². The van der Waals surface area contributed by atoms with Crippen molar-refractivity contribution < 1.29 is 13.2 Å². The Morgan fingerprint density at radius 1 is 1.04 bits per heavy atom. The molecule has 0 bridgehead atoms. The number of likely N-dealkylation sites (tertiary alicyclic amines) is 1. The van der Waals surface area contributed by atoms with Crippen molar-refractivity contribution in [3.8, 4) is 0 Å². The van der Waals surface area contributed by atoms with E-state index in [2.05, 4.69) is 10.2 Å². The second-order valence-electron chi connectivity index (χ2n) is 8.67. The molecule has 7 heteroatoms. The molecule has 1 N–H and O–H groups in total. The van der Waals surface area contributed by atoms with Crippen molar-refractivity contribution >= 4 is 15.8 Å². The van der Waals surface area contributed by atoms with Crippen molar-refractivity contribution in [2.45, 2.75) is 51.0 Å². The van der Waals surface area contributed by atoms with Crippen molar-refractivity contribution in [3.63, 3.8) is 0 Å². The molecule has 0 spiro atoms. The molecule has 3 heterocycles. The third-order valence-corrected chi connectivity index (χ3v) is 8.49. The van der Waals surface area contributed by atoms with Crippen molar-refractivity contribution in [2.75, 3.05) is 44.4 Å². The van der Waals surface area contributed by atoms with Crippen LogP contribution in [-0.4, -0.2) is 69.7 Å². The van der Waals surface area contributed by atoms with Crippen LogP contribution in [0.5, 0.6) is 0 Å². The van der Waals surface area contributed by atoms with E-state index in [1.54, 1.807) is 0 Å². The fraction of sp³-hybridized carbons (Fsp3) is 0.947. The van der Waals surface area contributed by atoms with Crippen molar-refractivity contribution in [3.05, 3.63) is 0 Å². The number of fused-ring (bicyclic) bond motifs is 1. The molecule has 3 unspecified atom stereocenters. The van der Waals surface area contributed by atoms with Gasteiger partial charge in [0.2, 0.25) is 0 Å². The van der Waals surface area contributed by atoms with Gasteiger partial charge in [-0.25, -0.2) is 8.42 Å². The molecule has 0 aromatic heterocycles. The van der Waals surface area contributed by atoms with Crippen LogP contribution in [0.3, 0.4) is 0 Å². The number of sulfone groups is 1. The number of nitrogens with one attached hydrogen (secondary N) is 1. The van der Waals surface area contributed by atoms with Gasteiger partial charge in [0.25, 0.3) is 0 Å². The summed E-state index contributed by atoms with van der Waals surface area (Å²) in [6, 6.07) is 0.428. The monoisotopic (exact) mass is 383 g/mol. The summed E-state index contributed by atoms with van der Waals surface area (Å²) in [5.41, 5.74) is 0. The lowest BCUT2D eigenvalue weighted by molar-refractivity contribution is 0.0816. The zero-order chi connectivity index (χ0) is 18.0. The summed E-state index contributed by atoms with van der Waals surface area (Å²) in [5, 5.41) is 3.70. The smallest absolute Gasteiger partial charge is 0.194 e. The van der Waals surface area contributed by atoms with Crippen LogP contribution >= 0.6 is 0 Å². The van der Waals surface area contributed by atoms with Gasteiger partial charge in [0.15, 0.2) is 15.8 Å². The fourth-order valence-electron chi connectivity index (χ4n) is 5.07. The third-order valence-electron chi connectivity index (χ3n) is 6.66. The highest BCUT2D eigenvalue weighted by Gasteiger charge is 2.36. The van der Waals surface area contributed by atoms with Gasteiger partial charge < -0.3 is 15.0 Å². The lowest BCUT2D eigenvalue weighted by Gasteiger charge is -2.29. The molecule has 3 aliphatic heterocycles. The van der Waals surface area contributed by atoms with Gasteiger partial charge in [-0.2, -0.15) is 0 Å². The molecule has 148 valence electrons. The maximum absolute atomic E-state index is 11.7. The maximum atomic E-state index is 11.7. The molecule has 0 aromatic carbocycles. The van der Waals surface area contributed by atoms with Crippen LogP contribution in [-0.2, 0) is 14.6 Å². The Balaban J connectivity index is 1.43. The van der Waals surface area contributed by atoms with Crippen molar-refractivity contribution in [2.24, 2.45) is 22.7 Å². The highest BCUT2D eigenvalue weighted by atomic mass is 32.2. The number of hydrogen-bond acceptors (Lipinski definition) is 4. The maximum Gasteiger partial charge on any atom is 0.194 e. The van der Waals surface area contributed by atoms with Crippen LogP contribution in [0.15, 0.2) is 4.99 Å². The number of nitrogens with zero attached hydrogens (tertiary/aromatic N) is 2. The van der Waals surface area contributed by atoms with Gasteiger partial charge in [0, 0.05) is 38.9 Å². The predicted octanol–water partition coefficient (Wildman–Crippen LogP) is 1.67. The van der Waals surface area contributed by atoms with Crippen LogP contribution in [0.4, 0.5) is 0 Å². The Labute approximate surface area is 157 Å². The number of aliphatic imine (C=N–C) groups is 1. The lowest BCUT2D eigenvalue weighted by atomic mass is 9.82. The summed E-state index contributed by atoms with van der Waals surface area (Å²) < 4.78 is 29.0. The topological polar surface area (TPSA) is 71.0 Å². The first-order valence-corrected chi connectivity index (χ1v) is 12.3. The highest BCUT2D eigenvalue weighted by Crippen LogP contribution is 2.36. The summed E-state index contributed by atoms with van der Waals surface area (Å²) in [6.07, 6.45) is 8.26. The summed E-state index contributed by atoms with van der Waals surface area (Å²) in [4.78, 5) is 7.39. The van der Waals surface area contributed by atoms with E-state index in [9.17, 15) is 8.42 Å². The summed E-state index contributed by atoms with van der Waals surface area (Å²) in [6.45, 7) is 4.50. The Kier molecular flexibility index (Phi) is 5.74. The van der Waals surface area contributed by atoms with E-state index in [1.807, 2.05) is 0 Å². The van der Waals surface area contributed by atoms with Crippen LogP contribution in [0.25, 0.3) is 0 Å². The SMILES string of the molecule is O=S1(=O)CCC(CN=C(NC2CCOCC2)N2CC3CCCCC3C2)C1. The van der Waals surface area contributed by atoms with Crippen molar-refractivity contribution in [1.29, 1.82) is 0 Å². The zero-order valence-corrected chi connectivity index (χ0v) is 16.6. The molecule has 4 rings (SSSR count). The van der Waals surface area contributed by atoms with E-state index in [4.69, 9.17) is 9.73 Å². The van der Waals surface area contributed by atoms with E-state index in [-0.39, 0.29) is 5.92 Å². The molecular formula is C19H33N3O3S. The van der Waals surface area contributed by atoms with Crippen LogP contribution in [0.1, 0.15) is 44.9 Å². The summed E-state index contributed by atoms with van der Waals surface area (Å²) in [5.74, 6) is 3.50. The van der Waals surface area contributed by atoms with Gasteiger partial charge in [-0.05, 0) is 49.9 Å². The summed E-state index contributed by atoms with van der Waals surface area (Å²) in [7, 11) is -2.83. The third kappa shape index (κ3) is 4.53. The quantitative estimate of drug-likeness (QED) is 0.593. The van der Waals surface area contributed by atoms with Gasteiger partial charge >= 0.3 is 0 Å². The van der Waals surface area contributed by atoms with E-state index in [0.717, 1.165) is 63.4 Å². The minimum absolute atomic E-state index is 0.191. The average Bonchev–Trinajstić information content (AvgIpc) is 3.22. The minimum atomic E-state index is -2.83. The van der Waals surface area contributed by atoms with Crippen LogP contribution in [0, 0.1) is 17.8 Å². The second kappa shape index (κ2) is 8.05. The molecule has 6 nitrogen and oxygen atoms in total. The zero-order valence-electron chi connectivity index (χ0n) is 15.7. The average molecular weight is 384 g/mol. The Morgan fingerprint density at radius 3 is 2.35 bits per heavy atom.